The van der Waals surface area contributed by atoms with E-state index in [1.165, 1.54) is 25.9 Å². The SMILES string of the molecule is CCc1c(Nc2ccc(C3C(F)(F)C3(C)C(=O)N(C)C)cc2)cnc(C)c1C#N. The number of pyridine rings is 1. The van der Waals surface area contributed by atoms with Gasteiger partial charge in [-0.15, -0.1) is 0 Å². The molecule has 5 nitrogen and oxygen atoms in total. The Morgan fingerprint density at radius 1 is 1.31 bits per heavy atom. The first-order valence-electron chi connectivity index (χ1n) is 9.44. The molecular weight excluding hydrogens is 374 g/mol. The molecule has 0 saturated heterocycles. The molecule has 0 bridgehead atoms. The van der Waals surface area contributed by atoms with Crippen LogP contribution in [0.1, 0.15) is 42.1 Å². The third kappa shape index (κ3) is 3.13. The van der Waals surface area contributed by atoms with Crippen LogP contribution < -0.4 is 5.32 Å². The smallest absolute Gasteiger partial charge is 0.270 e. The number of hydrogen-bond donors (Lipinski definition) is 1. The van der Waals surface area contributed by atoms with E-state index in [2.05, 4.69) is 16.4 Å². The van der Waals surface area contributed by atoms with Gasteiger partial charge in [-0.1, -0.05) is 19.1 Å². The number of carbonyl (C=O) groups is 1. The average molecular weight is 398 g/mol. The fraction of sp³-hybridized carbons (Fsp3) is 0.409. The lowest BCUT2D eigenvalue weighted by molar-refractivity contribution is -0.137. The second-order valence-electron chi connectivity index (χ2n) is 7.78. The lowest BCUT2D eigenvalue weighted by Gasteiger charge is -2.16. The molecule has 1 aromatic carbocycles. The Morgan fingerprint density at radius 2 is 1.93 bits per heavy atom. The topological polar surface area (TPSA) is 69.0 Å². The zero-order valence-corrected chi connectivity index (χ0v) is 17.2. The average Bonchev–Trinajstić information content (AvgIpc) is 3.15. The molecule has 1 fully saturated rings. The molecule has 1 aromatic heterocycles. The van der Waals surface area contributed by atoms with Crippen LogP contribution >= 0.6 is 0 Å². The van der Waals surface area contributed by atoms with Crippen molar-refractivity contribution in [2.45, 2.75) is 39.0 Å². The second-order valence-corrected chi connectivity index (χ2v) is 7.78. The number of nitrogens with one attached hydrogen (secondary N) is 1. The summed E-state index contributed by atoms with van der Waals surface area (Å²) in [5.41, 5.74) is 2.20. The van der Waals surface area contributed by atoms with E-state index in [4.69, 9.17) is 0 Å². The van der Waals surface area contributed by atoms with E-state index < -0.39 is 23.2 Å². The number of nitrogens with zero attached hydrogens (tertiary/aromatic N) is 3. The summed E-state index contributed by atoms with van der Waals surface area (Å²) in [4.78, 5) is 17.8. The molecule has 0 aliphatic heterocycles. The van der Waals surface area contributed by atoms with Crippen LogP contribution in [-0.4, -0.2) is 35.8 Å². The van der Waals surface area contributed by atoms with Gasteiger partial charge in [0.2, 0.25) is 5.91 Å². The molecule has 0 spiro atoms. The highest BCUT2D eigenvalue weighted by Gasteiger charge is 2.82. The van der Waals surface area contributed by atoms with Crippen LogP contribution in [-0.2, 0) is 11.2 Å². The molecule has 1 aliphatic rings. The Kier molecular flexibility index (Phi) is 5.08. The Labute approximate surface area is 169 Å². The fourth-order valence-electron chi connectivity index (χ4n) is 4.00. The van der Waals surface area contributed by atoms with Gasteiger partial charge in [0, 0.05) is 19.8 Å². The molecule has 7 heteroatoms. The number of rotatable bonds is 5. The third-order valence-electron chi connectivity index (χ3n) is 5.76. The number of halogens is 2. The van der Waals surface area contributed by atoms with E-state index in [9.17, 15) is 18.8 Å². The van der Waals surface area contributed by atoms with Gasteiger partial charge in [-0.2, -0.15) is 5.26 Å². The molecule has 1 heterocycles. The molecule has 1 saturated carbocycles. The monoisotopic (exact) mass is 398 g/mol. The minimum Gasteiger partial charge on any atom is -0.354 e. The van der Waals surface area contributed by atoms with Crippen molar-refractivity contribution in [2.75, 3.05) is 19.4 Å². The molecule has 2 aromatic rings. The Bertz CT molecular complexity index is 995. The van der Waals surface area contributed by atoms with Gasteiger partial charge >= 0.3 is 0 Å². The number of nitriles is 1. The van der Waals surface area contributed by atoms with E-state index >= 15 is 0 Å². The Morgan fingerprint density at radius 3 is 2.45 bits per heavy atom. The highest BCUT2D eigenvalue weighted by molar-refractivity contribution is 5.89. The van der Waals surface area contributed by atoms with E-state index in [1.807, 2.05) is 6.92 Å². The molecule has 1 amide bonds. The summed E-state index contributed by atoms with van der Waals surface area (Å²) in [5.74, 6) is -4.80. The van der Waals surface area contributed by atoms with E-state index in [0.29, 0.717) is 34.6 Å². The molecule has 1 N–H and O–H groups in total. The van der Waals surface area contributed by atoms with Gasteiger partial charge in [-0.3, -0.25) is 9.78 Å². The number of carbonyl (C=O) groups excluding carboxylic acids is 1. The Balaban J connectivity index is 1.86. The first kappa shape index (κ1) is 20.7. The van der Waals surface area contributed by atoms with Crippen molar-refractivity contribution in [3.63, 3.8) is 0 Å². The number of amides is 1. The Hall–Kier alpha value is -3.01. The number of hydrogen-bond acceptors (Lipinski definition) is 4. The van der Waals surface area contributed by atoms with E-state index in [1.54, 1.807) is 37.4 Å². The highest BCUT2D eigenvalue weighted by Crippen LogP contribution is 2.71. The summed E-state index contributed by atoms with van der Waals surface area (Å²) >= 11 is 0. The predicted octanol–water partition coefficient (Wildman–Crippen LogP) is 4.39. The van der Waals surface area contributed by atoms with E-state index in [-0.39, 0.29) is 0 Å². The molecule has 2 unspecified atom stereocenters. The lowest BCUT2D eigenvalue weighted by Crippen LogP contribution is -2.33. The maximum Gasteiger partial charge on any atom is 0.270 e. The molecule has 152 valence electrons. The number of aromatic nitrogens is 1. The summed E-state index contributed by atoms with van der Waals surface area (Å²) in [6.07, 6.45) is 2.33. The van der Waals surface area contributed by atoms with E-state index in [0.717, 1.165) is 5.56 Å². The molecule has 1 aliphatic carbocycles. The van der Waals surface area contributed by atoms with Crippen molar-refractivity contribution in [2.24, 2.45) is 5.41 Å². The quantitative estimate of drug-likeness (QED) is 0.811. The first-order chi connectivity index (χ1) is 13.6. The fourth-order valence-corrected chi connectivity index (χ4v) is 4.00. The van der Waals surface area contributed by atoms with Crippen molar-refractivity contribution in [3.05, 3.63) is 52.8 Å². The maximum atomic E-state index is 14.5. The van der Waals surface area contributed by atoms with Crippen LogP contribution in [0.3, 0.4) is 0 Å². The second kappa shape index (κ2) is 7.11. The third-order valence-corrected chi connectivity index (χ3v) is 5.76. The molecule has 0 radical (unpaired) electrons. The minimum atomic E-state index is -3.08. The van der Waals surface area contributed by atoms with Gasteiger partial charge in [0.25, 0.3) is 5.92 Å². The number of anilines is 2. The number of alkyl halides is 2. The van der Waals surface area contributed by atoms with Gasteiger partial charge in [-0.25, -0.2) is 8.78 Å². The van der Waals surface area contributed by atoms with Gasteiger partial charge in [0.05, 0.1) is 29.1 Å². The lowest BCUT2D eigenvalue weighted by atomic mass is 9.99. The molecule has 2 atom stereocenters. The van der Waals surface area contributed by atoms with Crippen LogP contribution in [0.25, 0.3) is 0 Å². The first-order valence-corrected chi connectivity index (χ1v) is 9.44. The molecule has 29 heavy (non-hydrogen) atoms. The van der Waals surface area contributed by atoms with Crippen LogP contribution in [0.15, 0.2) is 30.5 Å². The minimum absolute atomic E-state index is 0.425. The number of aryl methyl sites for hydroxylation is 1. The summed E-state index contributed by atoms with van der Waals surface area (Å²) in [6, 6.07) is 8.83. The zero-order chi connectivity index (χ0) is 21.6. The molecule has 3 rings (SSSR count). The van der Waals surface area contributed by atoms with Gasteiger partial charge in [0.1, 0.15) is 11.5 Å². The molecular formula is C22H24F2N4O. The van der Waals surface area contributed by atoms with Crippen LogP contribution in [0.2, 0.25) is 0 Å². The normalized spacial score (nSPS) is 21.9. The summed E-state index contributed by atoms with van der Waals surface area (Å²) in [6.45, 7) is 5.07. The van der Waals surface area contributed by atoms with Crippen molar-refractivity contribution in [1.82, 2.24) is 9.88 Å². The van der Waals surface area contributed by atoms with Crippen molar-refractivity contribution in [1.29, 1.82) is 5.26 Å². The predicted molar refractivity (Wildman–Crippen MR) is 107 cm³/mol. The van der Waals surface area contributed by atoms with Gasteiger partial charge < -0.3 is 10.2 Å². The summed E-state index contributed by atoms with van der Waals surface area (Å²) in [7, 11) is 2.98. The summed E-state index contributed by atoms with van der Waals surface area (Å²) < 4.78 is 29.0. The van der Waals surface area contributed by atoms with Crippen LogP contribution in [0, 0.1) is 23.7 Å². The zero-order valence-electron chi connectivity index (χ0n) is 17.2. The largest absolute Gasteiger partial charge is 0.354 e. The van der Waals surface area contributed by atoms with Crippen molar-refractivity contribution in [3.8, 4) is 6.07 Å². The van der Waals surface area contributed by atoms with Gasteiger partial charge in [-0.05, 0) is 43.5 Å². The van der Waals surface area contributed by atoms with Gasteiger partial charge in [0.15, 0.2) is 0 Å². The maximum absolute atomic E-state index is 14.5. The van der Waals surface area contributed by atoms with Crippen LogP contribution in [0.4, 0.5) is 20.2 Å². The van der Waals surface area contributed by atoms with Crippen molar-refractivity contribution < 1.29 is 13.6 Å². The van der Waals surface area contributed by atoms with Crippen molar-refractivity contribution >= 4 is 17.3 Å². The highest BCUT2D eigenvalue weighted by atomic mass is 19.3. The summed E-state index contributed by atoms with van der Waals surface area (Å²) in [5, 5.41) is 12.6. The number of benzene rings is 1. The van der Waals surface area contributed by atoms with Crippen LogP contribution in [0.5, 0.6) is 0 Å². The standard InChI is InChI=1S/C22H24F2N4O/c1-6-16-17(11-25)13(2)26-12-18(16)27-15-9-7-14(8-10-15)19-21(3,22(19,23)24)20(29)28(4)5/h7-10,12,19,27H,6H2,1-5H3.